The van der Waals surface area contributed by atoms with Crippen molar-refractivity contribution < 1.29 is 0 Å². The van der Waals surface area contributed by atoms with Crippen LogP contribution in [-0.4, -0.2) is 43.1 Å². The average Bonchev–Trinajstić information content (AvgIpc) is 2.67. The zero-order valence-electron chi connectivity index (χ0n) is 15.7. The molecule has 2 N–H and O–H groups in total. The number of nitrogens with one attached hydrogen (secondary N) is 2. The Morgan fingerprint density at radius 2 is 1.73 bits per heavy atom. The first-order chi connectivity index (χ1) is 12.2. The van der Waals surface area contributed by atoms with Gasteiger partial charge in [0, 0.05) is 43.2 Å². The van der Waals surface area contributed by atoms with Crippen LogP contribution in [0.3, 0.4) is 0 Å². The standard InChI is InChI=1S/C20H31BrN4.HI/c1-22-20(23-15-16-7-9-17(21)10-8-16)24-18-11-13-25(14-12-18)19-5-3-2-4-6-19;/h7-10,18-19H,2-6,11-15H2,1H3,(H2,22,23,24);1H. The first-order valence-corrected chi connectivity index (χ1v) is 10.5. The molecule has 1 aromatic carbocycles. The number of benzene rings is 1. The van der Waals surface area contributed by atoms with E-state index < -0.39 is 0 Å². The summed E-state index contributed by atoms with van der Waals surface area (Å²) in [5.74, 6) is 0.916. The number of aliphatic imine (C=N–C) groups is 1. The van der Waals surface area contributed by atoms with E-state index in [1.54, 1.807) is 0 Å². The maximum Gasteiger partial charge on any atom is 0.191 e. The number of likely N-dealkylation sites (tertiary alicyclic amines) is 1. The molecular formula is C20H32BrIN4. The van der Waals surface area contributed by atoms with Gasteiger partial charge < -0.3 is 15.5 Å². The molecule has 0 atom stereocenters. The Morgan fingerprint density at radius 3 is 2.35 bits per heavy atom. The molecule has 1 saturated heterocycles. The Labute approximate surface area is 183 Å². The number of guanidine groups is 1. The third-order valence-electron chi connectivity index (χ3n) is 5.56. The van der Waals surface area contributed by atoms with Crippen molar-refractivity contribution >= 4 is 45.9 Å². The van der Waals surface area contributed by atoms with Crippen molar-refractivity contribution in [2.24, 2.45) is 4.99 Å². The third-order valence-corrected chi connectivity index (χ3v) is 6.09. The third kappa shape index (κ3) is 6.68. The van der Waals surface area contributed by atoms with Crippen molar-refractivity contribution in [1.29, 1.82) is 0 Å². The molecule has 3 rings (SSSR count). The van der Waals surface area contributed by atoms with Crippen molar-refractivity contribution in [1.82, 2.24) is 15.5 Å². The van der Waals surface area contributed by atoms with Crippen LogP contribution in [0.2, 0.25) is 0 Å². The molecule has 0 aromatic heterocycles. The number of halogens is 2. The van der Waals surface area contributed by atoms with Gasteiger partial charge in [0.2, 0.25) is 0 Å². The Hall–Kier alpha value is -0.340. The summed E-state index contributed by atoms with van der Waals surface area (Å²) in [5, 5.41) is 7.05. The molecule has 1 aliphatic carbocycles. The first-order valence-electron chi connectivity index (χ1n) is 9.70. The minimum atomic E-state index is 0. The molecule has 2 aliphatic rings. The lowest BCUT2D eigenvalue weighted by Crippen LogP contribution is -2.50. The molecule has 0 amide bonds. The van der Waals surface area contributed by atoms with Crippen LogP contribution in [0, 0.1) is 0 Å². The quantitative estimate of drug-likeness (QED) is 0.339. The van der Waals surface area contributed by atoms with Gasteiger partial charge in [-0.2, -0.15) is 0 Å². The number of rotatable bonds is 4. The molecule has 6 heteroatoms. The van der Waals surface area contributed by atoms with Gasteiger partial charge in [0.1, 0.15) is 0 Å². The second-order valence-corrected chi connectivity index (χ2v) is 8.21. The van der Waals surface area contributed by atoms with Crippen LogP contribution < -0.4 is 10.6 Å². The van der Waals surface area contributed by atoms with E-state index in [4.69, 9.17) is 0 Å². The molecule has 0 radical (unpaired) electrons. The summed E-state index contributed by atoms with van der Waals surface area (Å²) in [6, 6.07) is 9.81. The molecule has 1 heterocycles. The van der Waals surface area contributed by atoms with E-state index in [-0.39, 0.29) is 24.0 Å². The maximum atomic E-state index is 4.40. The van der Waals surface area contributed by atoms with Gasteiger partial charge in [0.15, 0.2) is 5.96 Å². The lowest BCUT2D eigenvalue weighted by Gasteiger charge is -2.39. The van der Waals surface area contributed by atoms with Crippen molar-refractivity contribution in [3.63, 3.8) is 0 Å². The number of piperidine rings is 1. The lowest BCUT2D eigenvalue weighted by atomic mass is 9.92. The van der Waals surface area contributed by atoms with E-state index in [0.29, 0.717) is 6.04 Å². The van der Waals surface area contributed by atoms with Crippen LogP contribution in [0.5, 0.6) is 0 Å². The van der Waals surface area contributed by atoms with E-state index >= 15 is 0 Å². The van der Waals surface area contributed by atoms with Crippen molar-refractivity contribution in [3.8, 4) is 0 Å². The molecule has 146 valence electrons. The summed E-state index contributed by atoms with van der Waals surface area (Å²) in [5.41, 5.74) is 1.26. The Balaban J connectivity index is 0.00000243. The smallest absolute Gasteiger partial charge is 0.191 e. The van der Waals surface area contributed by atoms with E-state index in [2.05, 4.69) is 60.7 Å². The molecule has 0 unspecified atom stereocenters. The van der Waals surface area contributed by atoms with Gasteiger partial charge in [-0.1, -0.05) is 47.3 Å². The van der Waals surface area contributed by atoms with Gasteiger partial charge in [0.25, 0.3) is 0 Å². The SMILES string of the molecule is CN=C(NCc1ccc(Br)cc1)NC1CCN(C2CCCCC2)CC1.I. The van der Waals surface area contributed by atoms with Gasteiger partial charge in [-0.15, -0.1) is 24.0 Å². The topological polar surface area (TPSA) is 39.7 Å². The summed E-state index contributed by atoms with van der Waals surface area (Å²) >= 11 is 3.48. The summed E-state index contributed by atoms with van der Waals surface area (Å²) in [4.78, 5) is 7.13. The molecule has 0 spiro atoms. The molecule has 1 aromatic rings. The fraction of sp³-hybridized carbons (Fsp3) is 0.650. The largest absolute Gasteiger partial charge is 0.354 e. The summed E-state index contributed by atoms with van der Waals surface area (Å²) in [6.45, 7) is 3.26. The molecule has 0 bridgehead atoms. The second kappa shape index (κ2) is 11.5. The van der Waals surface area contributed by atoms with Gasteiger partial charge in [-0.25, -0.2) is 0 Å². The summed E-state index contributed by atoms with van der Waals surface area (Å²) in [6.07, 6.45) is 9.55. The van der Waals surface area contributed by atoms with Crippen molar-refractivity contribution in [3.05, 3.63) is 34.3 Å². The van der Waals surface area contributed by atoms with E-state index in [9.17, 15) is 0 Å². The lowest BCUT2D eigenvalue weighted by molar-refractivity contribution is 0.119. The van der Waals surface area contributed by atoms with Gasteiger partial charge in [-0.05, 0) is 43.4 Å². The average molecular weight is 535 g/mol. The Bertz CT molecular complexity index is 549. The highest BCUT2D eigenvalue weighted by molar-refractivity contribution is 14.0. The van der Waals surface area contributed by atoms with Crippen LogP contribution in [0.4, 0.5) is 0 Å². The van der Waals surface area contributed by atoms with Gasteiger partial charge in [-0.3, -0.25) is 4.99 Å². The predicted octanol–water partition coefficient (Wildman–Crippen LogP) is 4.53. The minimum absolute atomic E-state index is 0. The fourth-order valence-corrected chi connectivity index (χ4v) is 4.30. The number of hydrogen-bond acceptors (Lipinski definition) is 2. The Kier molecular flexibility index (Phi) is 9.70. The zero-order chi connectivity index (χ0) is 17.5. The highest BCUT2D eigenvalue weighted by atomic mass is 127. The number of nitrogens with zero attached hydrogens (tertiary/aromatic N) is 2. The van der Waals surface area contributed by atoms with Crippen LogP contribution in [0.15, 0.2) is 33.7 Å². The molecule has 2 fully saturated rings. The maximum absolute atomic E-state index is 4.40. The normalized spacial score (nSPS) is 20.5. The highest BCUT2D eigenvalue weighted by Gasteiger charge is 2.26. The molecule has 26 heavy (non-hydrogen) atoms. The first kappa shape index (κ1) is 22.0. The van der Waals surface area contributed by atoms with E-state index in [1.807, 2.05) is 7.05 Å². The van der Waals surface area contributed by atoms with Crippen LogP contribution in [-0.2, 0) is 6.54 Å². The second-order valence-electron chi connectivity index (χ2n) is 7.30. The zero-order valence-corrected chi connectivity index (χ0v) is 19.6. The molecule has 1 aliphatic heterocycles. The fourth-order valence-electron chi connectivity index (χ4n) is 4.03. The van der Waals surface area contributed by atoms with Crippen LogP contribution in [0.1, 0.15) is 50.5 Å². The monoisotopic (exact) mass is 534 g/mol. The van der Waals surface area contributed by atoms with Crippen molar-refractivity contribution in [2.75, 3.05) is 20.1 Å². The summed E-state index contributed by atoms with van der Waals surface area (Å²) < 4.78 is 1.11. The number of hydrogen-bond donors (Lipinski definition) is 2. The van der Waals surface area contributed by atoms with E-state index in [1.165, 1.54) is 63.6 Å². The highest BCUT2D eigenvalue weighted by Crippen LogP contribution is 2.25. The van der Waals surface area contributed by atoms with Gasteiger partial charge >= 0.3 is 0 Å². The molecule has 1 saturated carbocycles. The summed E-state index contributed by atoms with van der Waals surface area (Å²) in [7, 11) is 1.86. The van der Waals surface area contributed by atoms with Crippen molar-refractivity contribution in [2.45, 2.75) is 63.6 Å². The van der Waals surface area contributed by atoms with Crippen LogP contribution >= 0.6 is 39.9 Å². The molecule has 4 nitrogen and oxygen atoms in total. The predicted molar refractivity (Wildman–Crippen MR) is 124 cm³/mol. The van der Waals surface area contributed by atoms with E-state index in [0.717, 1.165) is 23.0 Å². The van der Waals surface area contributed by atoms with Gasteiger partial charge in [0.05, 0.1) is 0 Å². The molecular weight excluding hydrogens is 503 g/mol. The van der Waals surface area contributed by atoms with Crippen LogP contribution in [0.25, 0.3) is 0 Å². The minimum Gasteiger partial charge on any atom is -0.354 e. The Morgan fingerprint density at radius 1 is 1.08 bits per heavy atom.